The molecule has 1 aromatic rings. The van der Waals surface area contributed by atoms with Crippen molar-refractivity contribution in [3.63, 3.8) is 0 Å². The Balaban J connectivity index is 1.68. The molecule has 1 aliphatic heterocycles. The maximum atomic E-state index is 12.4. The van der Waals surface area contributed by atoms with E-state index in [1.165, 1.54) is 45.2 Å². The first kappa shape index (κ1) is 18.2. The maximum Gasteiger partial charge on any atom is 0.163 e. The molecule has 0 bridgehead atoms. The number of carbonyl (C=O) groups is 1. The van der Waals surface area contributed by atoms with Gasteiger partial charge < -0.3 is 10.6 Å². The standard InChI is InChI=1S/C20H32N2O/c1-2-3-7-17-11-14-22(15-12-17)13-6-10-20(23)19-9-5-4-8-18(19)16-21/h4-5,8-9,17H,2-3,6-7,10-16,21H2,1H3. The summed E-state index contributed by atoms with van der Waals surface area (Å²) in [6.07, 6.45) is 8.35. The molecule has 1 heterocycles. The molecule has 3 heteroatoms. The first-order chi connectivity index (χ1) is 11.2. The lowest BCUT2D eigenvalue weighted by Gasteiger charge is -2.31. The summed E-state index contributed by atoms with van der Waals surface area (Å²) in [7, 11) is 0. The van der Waals surface area contributed by atoms with E-state index in [2.05, 4.69) is 11.8 Å². The van der Waals surface area contributed by atoms with Crippen molar-refractivity contribution in [1.29, 1.82) is 0 Å². The van der Waals surface area contributed by atoms with Crippen LogP contribution in [0.5, 0.6) is 0 Å². The number of piperidine rings is 1. The Labute approximate surface area is 141 Å². The molecule has 0 radical (unpaired) electrons. The SMILES string of the molecule is CCCCC1CCN(CCCC(=O)c2ccccc2CN)CC1. The summed E-state index contributed by atoms with van der Waals surface area (Å²) < 4.78 is 0. The fraction of sp³-hybridized carbons (Fsp3) is 0.650. The second kappa shape index (κ2) is 9.84. The number of rotatable bonds is 9. The first-order valence-corrected chi connectivity index (χ1v) is 9.28. The summed E-state index contributed by atoms with van der Waals surface area (Å²) in [5.74, 6) is 1.17. The van der Waals surface area contributed by atoms with Crippen LogP contribution in [0, 0.1) is 5.92 Å². The average molecular weight is 316 g/mol. The molecule has 23 heavy (non-hydrogen) atoms. The topological polar surface area (TPSA) is 46.3 Å². The van der Waals surface area contributed by atoms with Crippen LogP contribution in [-0.4, -0.2) is 30.3 Å². The fourth-order valence-electron chi connectivity index (χ4n) is 3.56. The minimum absolute atomic E-state index is 0.240. The van der Waals surface area contributed by atoms with Gasteiger partial charge in [0, 0.05) is 18.5 Å². The van der Waals surface area contributed by atoms with Gasteiger partial charge in [-0.1, -0.05) is 50.5 Å². The molecule has 1 saturated heterocycles. The number of likely N-dealkylation sites (tertiary alicyclic amines) is 1. The maximum absolute atomic E-state index is 12.4. The number of hydrogen-bond acceptors (Lipinski definition) is 3. The molecule has 1 aromatic carbocycles. The second-order valence-corrected chi connectivity index (χ2v) is 6.82. The largest absolute Gasteiger partial charge is 0.326 e. The van der Waals surface area contributed by atoms with Crippen LogP contribution in [0.1, 0.15) is 67.8 Å². The Kier molecular flexibility index (Phi) is 7.77. The zero-order chi connectivity index (χ0) is 16.5. The highest BCUT2D eigenvalue weighted by Crippen LogP contribution is 2.22. The van der Waals surface area contributed by atoms with Crippen molar-refractivity contribution in [2.45, 2.75) is 58.4 Å². The van der Waals surface area contributed by atoms with E-state index in [9.17, 15) is 4.79 Å². The van der Waals surface area contributed by atoms with Crippen LogP contribution in [0.4, 0.5) is 0 Å². The van der Waals surface area contributed by atoms with Crippen molar-refractivity contribution in [3.05, 3.63) is 35.4 Å². The zero-order valence-electron chi connectivity index (χ0n) is 14.6. The number of nitrogens with zero attached hydrogens (tertiary/aromatic N) is 1. The molecule has 3 nitrogen and oxygen atoms in total. The van der Waals surface area contributed by atoms with E-state index in [-0.39, 0.29) is 5.78 Å². The van der Waals surface area contributed by atoms with Crippen molar-refractivity contribution >= 4 is 5.78 Å². The monoisotopic (exact) mass is 316 g/mol. The highest BCUT2D eigenvalue weighted by atomic mass is 16.1. The molecule has 0 aliphatic carbocycles. The molecular formula is C20H32N2O. The molecule has 0 amide bonds. The first-order valence-electron chi connectivity index (χ1n) is 9.28. The smallest absolute Gasteiger partial charge is 0.163 e. The molecule has 0 saturated carbocycles. The van der Waals surface area contributed by atoms with Gasteiger partial charge >= 0.3 is 0 Å². The van der Waals surface area contributed by atoms with Crippen molar-refractivity contribution in [2.75, 3.05) is 19.6 Å². The van der Waals surface area contributed by atoms with Gasteiger partial charge in [-0.25, -0.2) is 0 Å². The second-order valence-electron chi connectivity index (χ2n) is 6.82. The van der Waals surface area contributed by atoms with E-state index in [1.54, 1.807) is 0 Å². The van der Waals surface area contributed by atoms with Crippen molar-refractivity contribution in [3.8, 4) is 0 Å². The third kappa shape index (κ3) is 5.74. The van der Waals surface area contributed by atoms with Crippen LogP contribution in [0.15, 0.2) is 24.3 Å². The van der Waals surface area contributed by atoms with Crippen LogP contribution in [-0.2, 0) is 6.54 Å². The lowest BCUT2D eigenvalue weighted by atomic mass is 9.91. The number of ketones is 1. The van der Waals surface area contributed by atoms with Gasteiger partial charge in [0.2, 0.25) is 0 Å². The number of benzene rings is 1. The molecule has 1 aliphatic rings. The lowest BCUT2D eigenvalue weighted by Crippen LogP contribution is -2.34. The number of unbranched alkanes of at least 4 members (excludes halogenated alkanes) is 1. The summed E-state index contributed by atoms with van der Waals surface area (Å²) in [5.41, 5.74) is 7.50. The minimum Gasteiger partial charge on any atom is -0.326 e. The molecular weight excluding hydrogens is 284 g/mol. The van der Waals surface area contributed by atoms with Crippen LogP contribution in [0.25, 0.3) is 0 Å². The summed E-state index contributed by atoms with van der Waals surface area (Å²) in [6.45, 7) is 6.18. The molecule has 128 valence electrons. The van der Waals surface area contributed by atoms with Crippen molar-refractivity contribution < 1.29 is 4.79 Å². The van der Waals surface area contributed by atoms with Gasteiger partial charge in [-0.15, -0.1) is 0 Å². The Bertz CT molecular complexity index is 478. The Morgan fingerprint density at radius 1 is 1.22 bits per heavy atom. The van der Waals surface area contributed by atoms with Crippen LogP contribution in [0.3, 0.4) is 0 Å². The van der Waals surface area contributed by atoms with E-state index in [1.807, 2.05) is 24.3 Å². The molecule has 0 unspecified atom stereocenters. The third-order valence-electron chi connectivity index (χ3n) is 5.09. The number of hydrogen-bond donors (Lipinski definition) is 1. The van der Waals surface area contributed by atoms with E-state index < -0.39 is 0 Å². The van der Waals surface area contributed by atoms with Crippen LogP contribution >= 0.6 is 0 Å². The zero-order valence-corrected chi connectivity index (χ0v) is 14.6. The molecule has 0 atom stereocenters. The van der Waals surface area contributed by atoms with Gasteiger partial charge in [0.1, 0.15) is 0 Å². The van der Waals surface area contributed by atoms with Gasteiger partial charge in [-0.2, -0.15) is 0 Å². The third-order valence-corrected chi connectivity index (χ3v) is 5.09. The fourth-order valence-corrected chi connectivity index (χ4v) is 3.56. The molecule has 0 spiro atoms. The average Bonchev–Trinajstić information content (AvgIpc) is 2.61. The van der Waals surface area contributed by atoms with E-state index in [4.69, 9.17) is 5.73 Å². The summed E-state index contributed by atoms with van der Waals surface area (Å²) in [6, 6.07) is 7.73. The van der Waals surface area contributed by atoms with E-state index in [0.717, 1.165) is 30.0 Å². The number of carbonyl (C=O) groups excluding carboxylic acids is 1. The van der Waals surface area contributed by atoms with Crippen LogP contribution < -0.4 is 5.73 Å². The lowest BCUT2D eigenvalue weighted by molar-refractivity contribution is 0.0969. The minimum atomic E-state index is 0.240. The van der Waals surface area contributed by atoms with Gasteiger partial charge in [0.05, 0.1) is 0 Å². The van der Waals surface area contributed by atoms with Gasteiger partial charge in [0.15, 0.2) is 5.78 Å². The quantitative estimate of drug-likeness (QED) is 0.700. The summed E-state index contributed by atoms with van der Waals surface area (Å²) in [5, 5.41) is 0. The van der Waals surface area contributed by atoms with E-state index >= 15 is 0 Å². The van der Waals surface area contributed by atoms with Gasteiger partial charge in [-0.3, -0.25) is 4.79 Å². The van der Waals surface area contributed by atoms with Gasteiger partial charge in [0.25, 0.3) is 0 Å². The van der Waals surface area contributed by atoms with Gasteiger partial charge in [-0.05, 0) is 50.4 Å². The Morgan fingerprint density at radius 3 is 2.65 bits per heavy atom. The number of nitrogens with two attached hydrogens (primary N) is 1. The summed E-state index contributed by atoms with van der Waals surface area (Å²) in [4.78, 5) is 14.9. The molecule has 1 fully saturated rings. The Hall–Kier alpha value is -1.19. The van der Waals surface area contributed by atoms with Crippen LogP contribution in [0.2, 0.25) is 0 Å². The predicted molar refractivity (Wildman–Crippen MR) is 96.6 cm³/mol. The Morgan fingerprint density at radius 2 is 1.96 bits per heavy atom. The van der Waals surface area contributed by atoms with E-state index in [0.29, 0.717) is 13.0 Å². The molecule has 2 N–H and O–H groups in total. The van der Waals surface area contributed by atoms with Crippen molar-refractivity contribution in [2.24, 2.45) is 11.7 Å². The predicted octanol–water partition coefficient (Wildman–Crippen LogP) is 4.01. The summed E-state index contributed by atoms with van der Waals surface area (Å²) >= 11 is 0. The molecule has 0 aromatic heterocycles. The normalized spacial score (nSPS) is 16.6. The van der Waals surface area contributed by atoms with Crippen molar-refractivity contribution in [1.82, 2.24) is 4.90 Å². The number of Topliss-reactive ketones (excluding diaryl/α,β-unsaturated/α-hetero) is 1. The molecule has 2 rings (SSSR count). The highest BCUT2D eigenvalue weighted by molar-refractivity contribution is 5.97. The highest BCUT2D eigenvalue weighted by Gasteiger charge is 2.18.